The highest BCUT2D eigenvalue weighted by Gasteiger charge is 2.25. The van der Waals surface area contributed by atoms with Gasteiger partial charge in [0.1, 0.15) is 23.4 Å². The number of H-pyrrole nitrogens is 1. The van der Waals surface area contributed by atoms with Crippen molar-refractivity contribution in [3.8, 4) is 34.8 Å². The minimum Gasteiger partial charge on any atom is -0.493 e. The lowest BCUT2D eigenvalue weighted by Crippen LogP contribution is -2.43. The van der Waals surface area contributed by atoms with Gasteiger partial charge < -0.3 is 29.2 Å². The van der Waals surface area contributed by atoms with Crippen LogP contribution in [0.3, 0.4) is 0 Å². The average molecular weight is 548 g/mol. The number of amides is 1. The van der Waals surface area contributed by atoms with Gasteiger partial charge in [-0.2, -0.15) is 0 Å². The number of carbonyl (C=O) groups is 1. The van der Waals surface area contributed by atoms with E-state index in [2.05, 4.69) is 15.0 Å². The smallest absolute Gasteiger partial charge is 0.415 e. The number of aromatic amines is 1. The number of nitrogens with one attached hydrogen (secondary N) is 1. The summed E-state index contributed by atoms with van der Waals surface area (Å²) in [5.41, 5.74) is 0.635. The van der Waals surface area contributed by atoms with E-state index in [4.69, 9.17) is 26.4 Å². The summed E-state index contributed by atoms with van der Waals surface area (Å²) < 4.78 is 19.1. The summed E-state index contributed by atoms with van der Waals surface area (Å²) in [5.74, 6) is 2.77. The average Bonchev–Trinajstić information content (AvgIpc) is 3.25. The molecule has 2 N–H and O–H groups in total. The maximum atomic E-state index is 12.7. The molecule has 1 aromatic carbocycles. The highest BCUT2D eigenvalue weighted by molar-refractivity contribution is 7.71. The Morgan fingerprint density at radius 1 is 1.03 bits per heavy atom. The lowest BCUT2D eigenvalue weighted by atomic mass is 10.1. The van der Waals surface area contributed by atoms with E-state index in [0.717, 1.165) is 5.75 Å². The van der Waals surface area contributed by atoms with Crippen molar-refractivity contribution in [1.82, 2.24) is 24.4 Å². The van der Waals surface area contributed by atoms with Crippen molar-refractivity contribution in [2.75, 3.05) is 13.1 Å². The SMILES string of the molecule is CC(C)c1[nH]c(=S)n(-c2ccc(OC(=O)N3CCC(Oc4ccc(Oc5ccccn5)cc4)CC3)cn2)c1O. The first-order valence-corrected chi connectivity index (χ1v) is 13.1. The van der Waals surface area contributed by atoms with Crippen molar-refractivity contribution in [2.24, 2.45) is 0 Å². The lowest BCUT2D eigenvalue weighted by Gasteiger charge is -2.31. The van der Waals surface area contributed by atoms with E-state index < -0.39 is 6.09 Å². The van der Waals surface area contributed by atoms with Gasteiger partial charge in [-0.15, -0.1) is 0 Å². The molecule has 0 aliphatic carbocycles. The first-order valence-electron chi connectivity index (χ1n) is 12.7. The molecular formula is C28H29N5O5S. The number of nitrogens with zero attached hydrogens (tertiary/aromatic N) is 4. The number of aromatic nitrogens is 4. The van der Waals surface area contributed by atoms with Gasteiger partial charge in [-0.3, -0.25) is 0 Å². The maximum absolute atomic E-state index is 12.7. The zero-order chi connectivity index (χ0) is 27.4. The van der Waals surface area contributed by atoms with Crippen LogP contribution in [0.4, 0.5) is 4.79 Å². The Balaban J connectivity index is 1.11. The van der Waals surface area contributed by atoms with Crippen LogP contribution in [0.25, 0.3) is 5.82 Å². The molecule has 0 bridgehead atoms. The molecule has 5 rings (SSSR count). The molecular weight excluding hydrogens is 518 g/mol. The van der Waals surface area contributed by atoms with E-state index in [-0.39, 0.29) is 17.9 Å². The van der Waals surface area contributed by atoms with Crippen LogP contribution in [0.2, 0.25) is 0 Å². The molecule has 0 saturated carbocycles. The van der Waals surface area contributed by atoms with Crippen LogP contribution in [0.15, 0.2) is 67.0 Å². The topological polar surface area (TPSA) is 115 Å². The number of pyridine rings is 2. The molecule has 4 heterocycles. The van der Waals surface area contributed by atoms with Crippen molar-refractivity contribution in [1.29, 1.82) is 0 Å². The second-order valence-corrected chi connectivity index (χ2v) is 9.81. The maximum Gasteiger partial charge on any atom is 0.415 e. The Labute approximate surface area is 230 Å². The number of benzene rings is 1. The fraction of sp³-hybridized carbons (Fsp3) is 0.286. The van der Waals surface area contributed by atoms with Gasteiger partial charge in [-0.05, 0) is 60.6 Å². The number of piperidine rings is 1. The normalized spacial score (nSPS) is 13.9. The summed E-state index contributed by atoms with van der Waals surface area (Å²) in [6.45, 7) is 4.93. The minimum absolute atomic E-state index is 0.00747. The molecule has 0 spiro atoms. The van der Waals surface area contributed by atoms with Crippen LogP contribution >= 0.6 is 12.2 Å². The molecule has 1 saturated heterocycles. The Hall–Kier alpha value is -4.38. The van der Waals surface area contributed by atoms with Crippen LogP contribution in [0.5, 0.6) is 29.0 Å². The number of rotatable bonds is 7. The third-order valence-corrected chi connectivity index (χ3v) is 6.60. The number of carbonyl (C=O) groups excluding carboxylic acids is 1. The van der Waals surface area contributed by atoms with Crippen LogP contribution in [0.1, 0.15) is 38.3 Å². The molecule has 1 aliphatic rings. The van der Waals surface area contributed by atoms with Crippen LogP contribution < -0.4 is 14.2 Å². The summed E-state index contributed by atoms with van der Waals surface area (Å²) in [7, 11) is 0. The summed E-state index contributed by atoms with van der Waals surface area (Å²) in [4.78, 5) is 25.8. The van der Waals surface area contributed by atoms with Crippen molar-refractivity contribution < 1.29 is 24.1 Å². The third kappa shape index (κ3) is 6.20. The van der Waals surface area contributed by atoms with Gasteiger partial charge in [0, 0.05) is 38.2 Å². The second-order valence-electron chi connectivity index (χ2n) is 9.42. The van der Waals surface area contributed by atoms with E-state index in [1.807, 2.05) is 50.2 Å². The predicted molar refractivity (Wildman–Crippen MR) is 147 cm³/mol. The fourth-order valence-electron chi connectivity index (χ4n) is 4.25. The molecule has 3 aromatic heterocycles. The van der Waals surface area contributed by atoms with Crippen LogP contribution in [0, 0.1) is 4.77 Å². The molecule has 39 heavy (non-hydrogen) atoms. The number of imidazole rings is 1. The van der Waals surface area contributed by atoms with Crippen molar-refractivity contribution in [3.05, 3.63) is 77.5 Å². The van der Waals surface area contributed by atoms with E-state index >= 15 is 0 Å². The highest BCUT2D eigenvalue weighted by Crippen LogP contribution is 2.28. The summed E-state index contributed by atoms with van der Waals surface area (Å²) >= 11 is 5.33. The molecule has 0 atom stereocenters. The Morgan fingerprint density at radius 3 is 2.36 bits per heavy atom. The summed E-state index contributed by atoms with van der Waals surface area (Å²) in [5, 5.41) is 10.5. The van der Waals surface area contributed by atoms with Gasteiger partial charge in [0.25, 0.3) is 0 Å². The third-order valence-electron chi connectivity index (χ3n) is 6.32. The monoisotopic (exact) mass is 547 g/mol. The number of ether oxygens (including phenoxy) is 3. The van der Waals surface area contributed by atoms with E-state index in [9.17, 15) is 9.90 Å². The standard InChI is InChI=1S/C28H29N5O5S/c1-18(2)25-26(34)33(27(39)31-25)23-11-10-22(17-30-23)38-28(35)32-15-12-21(13-16-32)36-19-6-8-20(9-7-19)37-24-5-3-4-14-29-24/h3-11,14,17-18,21,34H,12-13,15-16H2,1-2H3,(H,31,39). The van der Waals surface area contributed by atoms with Gasteiger partial charge in [0.15, 0.2) is 10.5 Å². The number of hydrogen-bond acceptors (Lipinski definition) is 8. The van der Waals surface area contributed by atoms with E-state index in [1.165, 1.54) is 10.8 Å². The zero-order valence-corrected chi connectivity index (χ0v) is 22.4. The summed E-state index contributed by atoms with van der Waals surface area (Å²) in [6, 6.07) is 16.2. The van der Waals surface area contributed by atoms with Crippen molar-refractivity contribution >= 4 is 18.3 Å². The molecule has 202 valence electrons. The number of aromatic hydroxyl groups is 1. The zero-order valence-electron chi connectivity index (χ0n) is 21.6. The van der Waals surface area contributed by atoms with Gasteiger partial charge in [-0.1, -0.05) is 19.9 Å². The summed E-state index contributed by atoms with van der Waals surface area (Å²) in [6.07, 6.45) is 4.03. The molecule has 11 heteroatoms. The predicted octanol–water partition coefficient (Wildman–Crippen LogP) is 5.99. The largest absolute Gasteiger partial charge is 0.493 e. The number of hydrogen-bond donors (Lipinski definition) is 2. The first kappa shape index (κ1) is 26.2. The Bertz CT molecular complexity index is 1460. The van der Waals surface area contributed by atoms with Crippen molar-refractivity contribution in [3.63, 3.8) is 0 Å². The van der Waals surface area contributed by atoms with Gasteiger partial charge >= 0.3 is 6.09 Å². The van der Waals surface area contributed by atoms with Crippen LogP contribution in [-0.4, -0.2) is 54.8 Å². The Kier molecular flexibility index (Phi) is 7.78. The molecule has 1 amide bonds. The molecule has 1 aliphatic heterocycles. The van der Waals surface area contributed by atoms with Crippen LogP contribution in [-0.2, 0) is 0 Å². The van der Waals surface area contributed by atoms with Crippen molar-refractivity contribution in [2.45, 2.75) is 38.7 Å². The molecule has 0 unspecified atom stereocenters. The van der Waals surface area contributed by atoms with Gasteiger partial charge in [0.2, 0.25) is 11.8 Å². The molecule has 4 aromatic rings. The van der Waals surface area contributed by atoms with Gasteiger partial charge in [-0.25, -0.2) is 19.3 Å². The molecule has 0 radical (unpaired) electrons. The fourth-order valence-corrected chi connectivity index (χ4v) is 4.54. The first-order chi connectivity index (χ1) is 18.9. The highest BCUT2D eigenvalue weighted by atomic mass is 32.1. The van der Waals surface area contributed by atoms with E-state index in [1.54, 1.807) is 29.3 Å². The van der Waals surface area contributed by atoms with E-state index in [0.29, 0.717) is 59.6 Å². The molecule has 10 nitrogen and oxygen atoms in total. The molecule has 1 fully saturated rings. The quantitative estimate of drug-likeness (QED) is 0.271. The van der Waals surface area contributed by atoms with Gasteiger partial charge in [0.05, 0.1) is 11.9 Å². The minimum atomic E-state index is -0.442. The second kappa shape index (κ2) is 11.6. The Morgan fingerprint density at radius 2 is 1.74 bits per heavy atom. The lowest BCUT2D eigenvalue weighted by molar-refractivity contribution is 0.0929. The number of likely N-dealkylation sites (tertiary alicyclic amines) is 1.